The second-order valence-corrected chi connectivity index (χ2v) is 2.74. The van der Waals surface area contributed by atoms with Crippen LogP contribution in [-0.4, -0.2) is 0 Å². The molecule has 0 spiro atoms. The van der Waals surface area contributed by atoms with E-state index in [9.17, 15) is 0 Å². The average Bonchev–Trinajstić information content (AvgIpc) is 1.69. The fraction of sp³-hybridized carbons (Fsp3) is 1.00. The Hall–Kier alpha value is 0.883. The Morgan fingerprint density at radius 2 is 1.50 bits per heavy atom. The van der Waals surface area contributed by atoms with Crippen molar-refractivity contribution in [3.05, 3.63) is 0 Å². The van der Waals surface area contributed by atoms with E-state index in [1.807, 2.05) is 0 Å². The molecule has 0 aromatic carbocycles. The molecule has 0 aromatic rings. The van der Waals surface area contributed by atoms with Gasteiger partial charge in [0.25, 0.3) is 0 Å². The SMILES string of the molecule is CC1CCCCC1.[AtH]. The third kappa shape index (κ3) is 3.02. The van der Waals surface area contributed by atoms with Crippen LogP contribution in [0.1, 0.15) is 39.0 Å². The predicted molar refractivity (Wildman–Crippen MR) is 33.6 cm³/mol. The molecule has 0 amide bonds. The molecule has 1 rings (SSSR count). The Bertz CT molecular complexity index is 46.3. The van der Waals surface area contributed by atoms with Gasteiger partial charge in [-0.2, -0.15) is 0 Å². The molecular formula is C7H15At. The van der Waals surface area contributed by atoms with Crippen molar-refractivity contribution in [1.82, 2.24) is 0 Å². The van der Waals surface area contributed by atoms with Gasteiger partial charge in [-0.3, -0.25) is 0 Å². The molecule has 50 valence electrons. The molecule has 0 atom stereocenters. The topological polar surface area (TPSA) is 0 Å². The summed E-state index contributed by atoms with van der Waals surface area (Å²) in [7, 11) is 0. The summed E-state index contributed by atoms with van der Waals surface area (Å²) in [5.74, 6) is 1.04. The maximum atomic E-state index is 2.36. The fourth-order valence-corrected chi connectivity index (χ4v) is 1.31. The minimum absolute atomic E-state index is 0. The van der Waals surface area contributed by atoms with Gasteiger partial charge in [0.2, 0.25) is 0 Å². The second-order valence-electron chi connectivity index (χ2n) is 2.74. The molecular weight excluding hydrogens is 294 g/mol. The molecule has 0 unspecified atom stereocenters. The molecule has 0 radical (unpaired) electrons. The molecule has 1 aliphatic rings. The zero-order valence-corrected chi connectivity index (χ0v) is 8.70. The molecule has 0 N–H and O–H groups in total. The van der Waals surface area contributed by atoms with Crippen LogP contribution < -0.4 is 0 Å². The van der Waals surface area contributed by atoms with Crippen LogP contribution in [0, 0.1) is 32.1 Å². The number of hydrogen-bond donors (Lipinski definition) is 0. The van der Waals surface area contributed by atoms with E-state index in [2.05, 4.69) is 6.92 Å². The number of rotatable bonds is 0. The van der Waals surface area contributed by atoms with Crippen LogP contribution in [-0.2, 0) is 0 Å². The zero-order valence-electron chi connectivity index (χ0n) is 5.52. The van der Waals surface area contributed by atoms with Gasteiger partial charge in [-0.25, -0.2) is 0 Å². The first-order chi connectivity index (χ1) is 3.39. The van der Waals surface area contributed by atoms with E-state index in [1.54, 1.807) is 0 Å². The predicted octanol–water partition coefficient (Wildman–Crippen LogP) is 2.32. The van der Waals surface area contributed by atoms with E-state index < -0.39 is 0 Å². The van der Waals surface area contributed by atoms with E-state index in [1.165, 1.54) is 32.1 Å². The first-order valence-electron chi connectivity index (χ1n) is 3.39. The molecule has 0 aromatic heterocycles. The molecule has 0 nitrogen and oxygen atoms in total. The van der Waals surface area contributed by atoms with Gasteiger partial charge in [0.15, 0.2) is 0 Å². The van der Waals surface area contributed by atoms with E-state index in [0.717, 1.165) is 5.92 Å². The van der Waals surface area contributed by atoms with Crippen LogP contribution in [0.4, 0.5) is 0 Å². The normalized spacial score (nSPS) is 22.1. The van der Waals surface area contributed by atoms with Crippen molar-refractivity contribution < 1.29 is 26.2 Å². The summed E-state index contributed by atoms with van der Waals surface area (Å²) in [6.07, 6.45) is 7.44. The van der Waals surface area contributed by atoms with Gasteiger partial charge in [-0.05, 0) is 5.92 Å². The molecule has 0 aliphatic heterocycles. The molecule has 1 heteroatoms. The summed E-state index contributed by atoms with van der Waals surface area (Å²) in [5, 5.41) is 0. The van der Waals surface area contributed by atoms with Crippen LogP contribution >= 0.6 is 0 Å². The van der Waals surface area contributed by atoms with Crippen molar-refractivity contribution in [2.75, 3.05) is 0 Å². The van der Waals surface area contributed by atoms with E-state index >= 15 is 0 Å². The Morgan fingerprint density at radius 1 is 1.00 bits per heavy atom. The van der Waals surface area contributed by atoms with Crippen LogP contribution in [0.15, 0.2) is 0 Å². The fourth-order valence-electron chi connectivity index (χ4n) is 1.31. The molecule has 0 saturated heterocycles. The quantitative estimate of drug-likeness (QED) is 0.644. The summed E-state index contributed by atoms with van der Waals surface area (Å²) in [6.45, 7) is 2.36. The Labute approximate surface area is 71.2 Å². The number of hydrogen-bond acceptors (Lipinski definition) is 0. The summed E-state index contributed by atoms with van der Waals surface area (Å²) in [5.41, 5.74) is 0. The van der Waals surface area contributed by atoms with Crippen molar-refractivity contribution in [3.63, 3.8) is 0 Å². The van der Waals surface area contributed by atoms with Gasteiger partial charge >= 0.3 is 26.2 Å². The summed E-state index contributed by atoms with van der Waals surface area (Å²) < 4.78 is 0. The third-order valence-corrected chi connectivity index (χ3v) is 1.89. The van der Waals surface area contributed by atoms with Gasteiger partial charge in [-0.15, -0.1) is 0 Å². The van der Waals surface area contributed by atoms with Crippen LogP contribution in [0.2, 0.25) is 0 Å². The molecule has 1 saturated carbocycles. The minimum atomic E-state index is 0. The van der Waals surface area contributed by atoms with E-state index in [4.69, 9.17) is 0 Å². The summed E-state index contributed by atoms with van der Waals surface area (Å²) in [4.78, 5) is 0. The van der Waals surface area contributed by atoms with Crippen molar-refractivity contribution in [2.24, 2.45) is 5.92 Å². The molecule has 1 fully saturated rings. The summed E-state index contributed by atoms with van der Waals surface area (Å²) >= 11 is 0. The molecule has 1 aliphatic carbocycles. The Kier molecular flexibility index (Phi) is 5.26. The Balaban J connectivity index is 0.000000490. The average molecular weight is 309 g/mol. The standard InChI is InChI=1S/C7H14.AtH/c1-7-5-3-2-4-6-7;/h7H,2-6H2,1H3;1H. The van der Waals surface area contributed by atoms with Crippen molar-refractivity contribution in [3.8, 4) is 0 Å². The monoisotopic (exact) mass is 309 g/mol. The van der Waals surface area contributed by atoms with Crippen LogP contribution in [0.3, 0.4) is 0 Å². The van der Waals surface area contributed by atoms with Crippen molar-refractivity contribution in [2.45, 2.75) is 39.0 Å². The third-order valence-electron chi connectivity index (χ3n) is 1.89. The molecule has 0 heterocycles. The van der Waals surface area contributed by atoms with E-state index in [0.29, 0.717) is 0 Å². The van der Waals surface area contributed by atoms with Gasteiger partial charge < -0.3 is 0 Å². The van der Waals surface area contributed by atoms with Crippen LogP contribution in [0.25, 0.3) is 0 Å². The summed E-state index contributed by atoms with van der Waals surface area (Å²) in [6, 6.07) is 0. The Morgan fingerprint density at radius 3 is 1.75 bits per heavy atom. The first kappa shape index (κ1) is 8.88. The van der Waals surface area contributed by atoms with Gasteiger partial charge in [0.1, 0.15) is 0 Å². The van der Waals surface area contributed by atoms with Gasteiger partial charge in [0.05, 0.1) is 0 Å². The van der Waals surface area contributed by atoms with Crippen LogP contribution in [0.5, 0.6) is 0 Å². The zero-order chi connectivity index (χ0) is 5.11. The molecule has 8 heavy (non-hydrogen) atoms. The molecule has 0 bridgehead atoms. The maximum absolute atomic E-state index is 2.36. The van der Waals surface area contributed by atoms with Crippen molar-refractivity contribution >= 4 is 0 Å². The van der Waals surface area contributed by atoms with E-state index in [-0.39, 0.29) is 26.2 Å². The van der Waals surface area contributed by atoms with Gasteiger partial charge in [0, 0.05) is 0 Å². The second kappa shape index (κ2) is 4.73. The van der Waals surface area contributed by atoms with Gasteiger partial charge in [-0.1, -0.05) is 39.0 Å². The first-order valence-corrected chi connectivity index (χ1v) is 3.39. The van der Waals surface area contributed by atoms with Crippen molar-refractivity contribution in [1.29, 1.82) is 0 Å².